The Morgan fingerprint density at radius 1 is 0.929 bits per heavy atom. The molecule has 28 heavy (non-hydrogen) atoms. The normalized spacial score (nSPS) is 17.6. The van der Waals surface area contributed by atoms with E-state index >= 15 is 0 Å². The van der Waals surface area contributed by atoms with Crippen LogP contribution in [0.15, 0.2) is 47.3 Å². The number of piperazine rings is 1. The van der Waals surface area contributed by atoms with Crippen molar-refractivity contribution in [3.05, 3.63) is 69.8 Å². The number of fused-ring (bicyclic) bond motifs is 2. The van der Waals surface area contributed by atoms with Crippen molar-refractivity contribution in [2.24, 2.45) is 0 Å². The van der Waals surface area contributed by atoms with Gasteiger partial charge < -0.3 is 10.3 Å². The molecule has 3 heterocycles. The molecule has 0 aliphatic carbocycles. The predicted molar refractivity (Wildman–Crippen MR) is 112 cm³/mol. The second kappa shape index (κ2) is 7.37. The molecule has 5 rings (SSSR count). The van der Waals surface area contributed by atoms with Crippen LogP contribution in [0.4, 0.5) is 5.69 Å². The van der Waals surface area contributed by atoms with Crippen molar-refractivity contribution in [3.8, 4) is 0 Å². The molecule has 1 saturated heterocycles. The lowest BCUT2D eigenvalue weighted by Gasteiger charge is -2.34. The number of benzene rings is 2. The van der Waals surface area contributed by atoms with Gasteiger partial charge in [0, 0.05) is 45.0 Å². The number of hydrogen-bond donors (Lipinski definition) is 2. The number of H-pyrrole nitrogens is 1. The smallest absolute Gasteiger partial charge is 0.258 e. The van der Waals surface area contributed by atoms with Crippen LogP contribution in [0.5, 0.6) is 0 Å². The van der Waals surface area contributed by atoms with Gasteiger partial charge >= 0.3 is 0 Å². The standard InChI is InChI=1S/C22H25N5O/c28-22-18-6-1-2-7-19(18)24-20(25-22)15-27-12-10-26(11-13-27)14-17-5-3-4-16-8-9-23-21(16)17/h1-7,23H,8-15H2,(H,24,25,28). The van der Waals surface area contributed by atoms with Gasteiger partial charge in [-0.25, -0.2) is 4.98 Å². The van der Waals surface area contributed by atoms with Crippen LogP contribution in [-0.2, 0) is 19.5 Å². The second-order valence-electron chi connectivity index (χ2n) is 7.71. The van der Waals surface area contributed by atoms with Crippen molar-refractivity contribution >= 4 is 16.6 Å². The number of nitrogens with one attached hydrogen (secondary N) is 2. The molecule has 1 aromatic heterocycles. The van der Waals surface area contributed by atoms with Gasteiger partial charge in [0.2, 0.25) is 0 Å². The minimum atomic E-state index is -0.0512. The number of nitrogens with zero attached hydrogens (tertiary/aromatic N) is 3. The maximum Gasteiger partial charge on any atom is 0.258 e. The van der Waals surface area contributed by atoms with E-state index in [4.69, 9.17) is 0 Å². The fraction of sp³-hybridized carbons (Fsp3) is 0.364. The Labute approximate surface area is 164 Å². The lowest BCUT2D eigenvalue weighted by molar-refractivity contribution is 0.120. The SMILES string of the molecule is O=c1[nH]c(CN2CCN(Cc3cccc4c3NCC4)CC2)nc2ccccc12. The van der Waals surface area contributed by atoms with Gasteiger partial charge in [-0.3, -0.25) is 14.6 Å². The summed E-state index contributed by atoms with van der Waals surface area (Å²) in [5, 5.41) is 4.19. The molecule has 2 aliphatic heterocycles. The van der Waals surface area contributed by atoms with Crippen molar-refractivity contribution < 1.29 is 0 Å². The molecule has 0 saturated carbocycles. The molecule has 0 bridgehead atoms. The molecule has 2 N–H and O–H groups in total. The summed E-state index contributed by atoms with van der Waals surface area (Å²) < 4.78 is 0. The number of rotatable bonds is 4. The summed E-state index contributed by atoms with van der Waals surface area (Å²) in [6.07, 6.45) is 1.13. The molecular formula is C22H25N5O. The van der Waals surface area contributed by atoms with Gasteiger partial charge in [0.05, 0.1) is 17.4 Å². The van der Waals surface area contributed by atoms with Crippen LogP contribution in [0.3, 0.4) is 0 Å². The molecule has 3 aromatic rings. The van der Waals surface area contributed by atoms with Crippen LogP contribution in [0.1, 0.15) is 17.0 Å². The second-order valence-corrected chi connectivity index (χ2v) is 7.71. The van der Waals surface area contributed by atoms with Crippen LogP contribution in [0.2, 0.25) is 0 Å². The molecule has 6 heteroatoms. The van der Waals surface area contributed by atoms with Gasteiger partial charge in [-0.05, 0) is 29.7 Å². The Morgan fingerprint density at radius 2 is 1.71 bits per heavy atom. The zero-order chi connectivity index (χ0) is 18.9. The Balaban J connectivity index is 1.22. The molecular weight excluding hydrogens is 350 g/mol. The number of aromatic amines is 1. The molecule has 0 spiro atoms. The molecule has 2 aliphatic rings. The van der Waals surface area contributed by atoms with Gasteiger partial charge in [-0.1, -0.05) is 30.3 Å². The van der Waals surface area contributed by atoms with Gasteiger partial charge in [0.1, 0.15) is 5.82 Å². The van der Waals surface area contributed by atoms with E-state index in [1.807, 2.05) is 24.3 Å². The van der Waals surface area contributed by atoms with E-state index in [1.165, 1.54) is 16.8 Å². The molecule has 0 amide bonds. The highest BCUT2D eigenvalue weighted by molar-refractivity contribution is 5.77. The minimum Gasteiger partial charge on any atom is -0.384 e. The van der Waals surface area contributed by atoms with E-state index in [-0.39, 0.29) is 5.56 Å². The molecule has 144 valence electrons. The summed E-state index contributed by atoms with van der Waals surface area (Å²) in [5.74, 6) is 0.752. The third-order valence-electron chi connectivity index (χ3n) is 5.83. The highest BCUT2D eigenvalue weighted by Gasteiger charge is 2.20. The molecule has 0 radical (unpaired) electrons. The van der Waals surface area contributed by atoms with E-state index < -0.39 is 0 Å². The zero-order valence-electron chi connectivity index (χ0n) is 15.9. The lowest BCUT2D eigenvalue weighted by Crippen LogP contribution is -2.45. The molecule has 0 atom stereocenters. The Hall–Kier alpha value is -2.70. The first-order valence-electron chi connectivity index (χ1n) is 10.0. The molecule has 2 aromatic carbocycles. The third kappa shape index (κ3) is 3.41. The fourth-order valence-corrected chi connectivity index (χ4v) is 4.31. The summed E-state index contributed by atoms with van der Waals surface area (Å²) in [5.41, 5.74) is 4.92. The van der Waals surface area contributed by atoms with Gasteiger partial charge in [0.15, 0.2) is 0 Å². The zero-order valence-corrected chi connectivity index (χ0v) is 15.9. The summed E-state index contributed by atoms with van der Waals surface area (Å²) in [7, 11) is 0. The van der Waals surface area contributed by atoms with E-state index in [2.05, 4.69) is 43.3 Å². The highest BCUT2D eigenvalue weighted by Crippen LogP contribution is 2.27. The van der Waals surface area contributed by atoms with Crippen molar-refractivity contribution in [3.63, 3.8) is 0 Å². The summed E-state index contributed by atoms with van der Waals surface area (Å²) in [6.45, 7) is 6.77. The van der Waals surface area contributed by atoms with Crippen LogP contribution < -0.4 is 10.9 Å². The van der Waals surface area contributed by atoms with Crippen molar-refractivity contribution in [2.45, 2.75) is 19.5 Å². The first kappa shape index (κ1) is 17.4. The summed E-state index contributed by atoms with van der Waals surface area (Å²) in [6, 6.07) is 14.2. The van der Waals surface area contributed by atoms with Gasteiger partial charge in [0.25, 0.3) is 5.56 Å². The quantitative estimate of drug-likeness (QED) is 0.732. The average molecular weight is 375 g/mol. The van der Waals surface area contributed by atoms with Crippen molar-refractivity contribution in [1.29, 1.82) is 0 Å². The van der Waals surface area contributed by atoms with E-state index in [0.29, 0.717) is 11.9 Å². The van der Waals surface area contributed by atoms with Gasteiger partial charge in [-0.15, -0.1) is 0 Å². The molecule has 0 unspecified atom stereocenters. The molecule has 6 nitrogen and oxygen atoms in total. The van der Waals surface area contributed by atoms with E-state index in [1.54, 1.807) is 0 Å². The largest absolute Gasteiger partial charge is 0.384 e. The first-order chi connectivity index (χ1) is 13.8. The summed E-state index contributed by atoms with van der Waals surface area (Å²) >= 11 is 0. The van der Waals surface area contributed by atoms with Crippen LogP contribution in [-0.4, -0.2) is 52.5 Å². The number of hydrogen-bond acceptors (Lipinski definition) is 5. The monoisotopic (exact) mass is 375 g/mol. The van der Waals surface area contributed by atoms with Gasteiger partial charge in [-0.2, -0.15) is 0 Å². The highest BCUT2D eigenvalue weighted by atomic mass is 16.1. The third-order valence-corrected chi connectivity index (χ3v) is 5.83. The van der Waals surface area contributed by atoms with Crippen LogP contribution in [0, 0.1) is 0 Å². The fourth-order valence-electron chi connectivity index (χ4n) is 4.31. The number of aromatic nitrogens is 2. The Kier molecular flexibility index (Phi) is 4.58. The maximum absolute atomic E-state index is 12.3. The topological polar surface area (TPSA) is 64.3 Å². The van der Waals surface area contributed by atoms with E-state index in [9.17, 15) is 4.79 Å². The Morgan fingerprint density at radius 3 is 2.57 bits per heavy atom. The average Bonchev–Trinajstić information content (AvgIpc) is 3.20. The van der Waals surface area contributed by atoms with Crippen molar-refractivity contribution in [1.82, 2.24) is 19.8 Å². The van der Waals surface area contributed by atoms with E-state index in [0.717, 1.165) is 57.0 Å². The first-order valence-corrected chi connectivity index (χ1v) is 10.0. The van der Waals surface area contributed by atoms with Crippen molar-refractivity contribution in [2.75, 3.05) is 38.0 Å². The van der Waals surface area contributed by atoms with Crippen LogP contribution in [0.25, 0.3) is 10.9 Å². The van der Waals surface area contributed by atoms with Crippen LogP contribution >= 0.6 is 0 Å². The number of anilines is 1. The summed E-state index contributed by atoms with van der Waals surface area (Å²) in [4.78, 5) is 24.7. The predicted octanol–water partition coefficient (Wildman–Crippen LogP) is 2.21. The lowest BCUT2D eigenvalue weighted by atomic mass is 10.1. The minimum absolute atomic E-state index is 0.0512. The number of para-hydroxylation sites is 2. The molecule has 1 fully saturated rings. The Bertz CT molecular complexity index is 1050. The maximum atomic E-state index is 12.3.